The number of carboxylic acid groups (broad SMARTS) is 1. The Bertz CT molecular complexity index is 974. The van der Waals surface area contributed by atoms with E-state index in [0.717, 1.165) is 4.90 Å². The Morgan fingerprint density at radius 1 is 1.25 bits per heavy atom. The minimum atomic E-state index is -1.16. The van der Waals surface area contributed by atoms with Crippen molar-refractivity contribution in [1.82, 2.24) is 5.32 Å². The molecule has 0 aromatic heterocycles. The number of carbonyl (C=O) groups excluding carboxylic acids is 2. The van der Waals surface area contributed by atoms with E-state index in [4.69, 9.17) is 26.2 Å². The first-order chi connectivity index (χ1) is 13.4. The molecule has 1 aliphatic heterocycles. The Labute approximate surface area is 164 Å². The fraction of sp³-hybridized carbons (Fsp3) is 0.105. The number of anilines is 1. The van der Waals surface area contributed by atoms with Crippen molar-refractivity contribution in [2.45, 2.75) is 0 Å². The monoisotopic (exact) mass is 402 g/mol. The molecule has 1 heterocycles. The van der Waals surface area contributed by atoms with Crippen LogP contribution < -0.4 is 19.7 Å². The molecular formula is C19H15ClN2O6. The van der Waals surface area contributed by atoms with E-state index in [2.05, 4.69) is 5.32 Å². The summed E-state index contributed by atoms with van der Waals surface area (Å²) in [6.45, 7) is -0.586. The van der Waals surface area contributed by atoms with Gasteiger partial charge in [-0.15, -0.1) is 0 Å². The lowest BCUT2D eigenvalue weighted by molar-refractivity contribution is -0.139. The Balaban J connectivity index is 1.91. The average Bonchev–Trinajstić information content (AvgIpc) is 2.94. The van der Waals surface area contributed by atoms with Crippen molar-refractivity contribution < 1.29 is 29.0 Å². The number of methoxy groups -OCH3 is 1. The smallest absolute Gasteiger partial charge is 0.341 e. The zero-order valence-electron chi connectivity index (χ0n) is 14.6. The summed E-state index contributed by atoms with van der Waals surface area (Å²) in [4.78, 5) is 36.5. The molecule has 1 fully saturated rings. The Hall–Kier alpha value is -3.52. The number of aliphatic carboxylic acids is 1. The number of amides is 3. The molecule has 8 nitrogen and oxygen atoms in total. The van der Waals surface area contributed by atoms with Crippen molar-refractivity contribution in [3.05, 3.63) is 58.7 Å². The molecular weight excluding hydrogens is 388 g/mol. The van der Waals surface area contributed by atoms with Gasteiger partial charge < -0.3 is 19.9 Å². The second-order valence-electron chi connectivity index (χ2n) is 5.68. The maximum atomic E-state index is 12.6. The van der Waals surface area contributed by atoms with Gasteiger partial charge in [0.05, 0.1) is 17.8 Å². The molecule has 2 aromatic carbocycles. The van der Waals surface area contributed by atoms with Crippen molar-refractivity contribution in [1.29, 1.82) is 0 Å². The van der Waals surface area contributed by atoms with Gasteiger partial charge in [-0.3, -0.25) is 4.79 Å². The van der Waals surface area contributed by atoms with E-state index in [0.29, 0.717) is 11.3 Å². The van der Waals surface area contributed by atoms with Crippen molar-refractivity contribution >= 4 is 41.3 Å². The van der Waals surface area contributed by atoms with Crippen LogP contribution in [0.25, 0.3) is 6.08 Å². The predicted molar refractivity (Wildman–Crippen MR) is 102 cm³/mol. The number of hydrogen-bond acceptors (Lipinski definition) is 5. The number of benzene rings is 2. The van der Waals surface area contributed by atoms with E-state index >= 15 is 0 Å². The minimum absolute atomic E-state index is 0.0613. The van der Waals surface area contributed by atoms with E-state index in [-0.39, 0.29) is 22.2 Å². The number of urea groups is 1. The van der Waals surface area contributed by atoms with Gasteiger partial charge in [0.2, 0.25) is 0 Å². The standard InChI is InChI=1S/C19H15ClN2O6/c1-27-15-9-11(7-13(20)17(15)28-10-16(23)24)8-14-18(25)22(19(26)21-14)12-5-3-2-4-6-12/h2-9H,10H2,1H3,(H,21,26)(H,23,24). The SMILES string of the molecule is COc1cc(C=C2NC(=O)N(c3ccccc3)C2=O)cc(Cl)c1OCC(=O)O. The van der Waals surface area contributed by atoms with E-state index in [1.807, 2.05) is 0 Å². The van der Waals surface area contributed by atoms with E-state index < -0.39 is 24.5 Å². The maximum absolute atomic E-state index is 12.6. The molecule has 1 aliphatic rings. The lowest BCUT2D eigenvalue weighted by atomic mass is 10.1. The number of ether oxygens (including phenoxy) is 2. The highest BCUT2D eigenvalue weighted by molar-refractivity contribution is 6.32. The third kappa shape index (κ3) is 3.91. The number of hydrogen-bond donors (Lipinski definition) is 2. The van der Waals surface area contributed by atoms with Gasteiger partial charge in [-0.1, -0.05) is 29.8 Å². The van der Waals surface area contributed by atoms with Crippen LogP contribution in [0.2, 0.25) is 5.02 Å². The summed E-state index contributed by atoms with van der Waals surface area (Å²) in [5.74, 6) is -1.42. The summed E-state index contributed by atoms with van der Waals surface area (Å²) in [7, 11) is 1.37. The summed E-state index contributed by atoms with van der Waals surface area (Å²) in [5, 5.41) is 11.4. The summed E-state index contributed by atoms with van der Waals surface area (Å²) >= 11 is 6.16. The third-order valence-electron chi connectivity index (χ3n) is 3.80. The molecule has 2 N–H and O–H groups in total. The minimum Gasteiger partial charge on any atom is -0.493 e. The molecule has 3 rings (SSSR count). The van der Waals surface area contributed by atoms with Crippen LogP contribution in [0, 0.1) is 0 Å². The van der Waals surface area contributed by atoms with Crippen LogP contribution in [0.3, 0.4) is 0 Å². The molecule has 28 heavy (non-hydrogen) atoms. The van der Waals surface area contributed by atoms with Gasteiger partial charge in [-0.25, -0.2) is 14.5 Å². The van der Waals surface area contributed by atoms with Crippen LogP contribution in [-0.4, -0.2) is 36.7 Å². The Morgan fingerprint density at radius 3 is 2.61 bits per heavy atom. The topological polar surface area (TPSA) is 105 Å². The van der Waals surface area contributed by atoms with Crippen LogP contribution in [0.1, 0.15) is 5.56 Å². The number of imide groups is 1. The number of carbonyl (C=O) groups is 3. The molecule has 0 unspecified atom stereocenters. The molecule has 9 heteroatoms. The van der Waals surface area contributed by atoms with E-state index in [1.54, 1.807) is 30.3 Å². The number of para-hydroxylation sites is 1. The Morgan fingerprint density at radius 2 is 1.96 bits per heavy atom. The molecule has 0 spiro atoms. The Kier molecular flexibility index (Phi) is 5.51. The lowest BCUT2D eigenvalue weighted by Gasteiger charge is -2.12. The third-order valence-corrected chi connectivity index (χ3v) is 4.08. The predicted octanol–water partition coefficient (Wildman–Crippen LogP) is 2.91. The zero-order valence-corrected chi connectivity index (χ0v) is 15.4. The largest absolute Gasteiger partial charge is 0.493 e. The quantitative estimate of drug-likeness (QED) is 0.568. The second kappa shape index (κ2) is 8.01. The van der Waals surface area contributed by atoms with Gasteiger partial charge in [-0.05, 0) is 35.9 Å². The summed E-state index contributed by atoms with van der Waals surface area (Å²) in [6.07, 6.45) is 1.44. The molecule has 0 saturated carbocycles. The van der Waals surface area contributed by atoms with Gasteiger partial charge >= 0.3 is 12.0 Å². The zero-order chi connectivity index (χ0) is 20.3. The van der Waals surface area contributed by atoms with Crippen molar-refractivity contribution in [3.63, 3.8) is 0 Å². The summed E-state index contributed by atoms with van der Waals surface area (Å²) in [6, 6.07) is 10.9. The number of rotatable bonds is 6. The van der Waals surface area contributed by atoms with Crippen LogP contribution in [0.15, 0.2) is 48.2 Å². The van der Waals surface area contributed by atoms with Crippen molar-refractivity contribution in [2.75, 3.05) is 18.6 Å². The van der Waals surface area contributed by atoms with Crippen LogP contribution in [0.4, 0.5) is 10.5 Å². The van der Waals surface area contributed by atoms with Gasteiger partial charge in [0.25, 0.3) is 5.91 Å². The number of nitrogens with zero attached hydrogens (tertiary/aromatic N) is 1. The molecule has 0 aliphatic carbocycles. The molecule has 0 radical (unpaired) electrons. The molecule has 2 aromatic rings. The summed E-state index contributed by atoms with van der Waals surface area (Å²) in [5.41, 5.74) is 0.968. The van der Waals surface area contributed by atoms with Crippen molar-refractivity contribution in [2.24, 2.45) is 0 Å². The highest BCUT2D eigenvalue weighted by Gasteiger charge is 2.34. The average molecular weight is 403 g/mol. The molecule has 0 atom stereocenters. The van der Waals surface area contributed by atoms with Gasteiger partial charge in [0, 0.05) is 0 Å². The lowest BCUT2D eigenvalue weighted by Crippen LogP contribution is -2.30. The molecule has 144 valence electrons. The first-order valence-electron chi connectivity index (χ1n) is 8.05. The van der Waals surface area contributed by atoms with E-state index in [1.165, 1.54) is 25.3 Å². The van der Waals surface area contributed by atoms with Crippen LogP contribution in [0.5, 0.6) is 11.5 Å². The van der Waals surface area contributed by atoms with Gasteiger partial charge in [-0.2, -0.15) is 0 Å². The van der Waals surface area contributed by atoms with Gasteiger partial charge in [0.15, 0.2) is 18.1 Å². The maximum Gasteiger partial charge on any atom is 0.341 e. The number of nitrogens with one attached hydrogen (secondary N) is 1. The van der Waals surface area contributed by atoms with Crippen LogP contribution >= 0.6 is 11.6 Å². The molecule has 3 amide bonds. The second-order valence-corrected chi connectivity index (χ2v) is 6.09. The fourth-order valence-corrected chi connectivity index (χ4v) is 2.88. The number of halogens is 1. The van der Waals surface area contributed by atoms with Crippen LogP contribution in [-0.2, 0) is 9.59 Å². The number of carboxylic acids is 1. The van der Waals surface area contributed by atoms with Crippen molar-refractivity contribution in [3.8, 4) is 11.5 Å². The van der Waals surface area contributed by atoms with E-state index in [9.17, 15) is 14.4 Å². The highest BCUT2D eigenvalue weighted by Crippen LogP contribution is 2.37. The highest BCUT2D eigenvalue weighted by atomic mass is 35.5. The molecule has 0 bridgehead atoms. The first-order valence-corrected chi connectivity index (χ1v) is 8.43. The fourth-order valence-electron chi connectivity index (χ4n) is 2.61. The van der Waals surface area contributed by atoms with Gasteiger partial charge in [0.1, 0.15) is 5.70 Å². The first kappa shape index (κ1) is 19.2. The summed E-state index contributed by atoms with van der Waals surface area (Å²) < 4.78 is 10.3. The normalized spacial score (nSPS) is 14.9. The molecule has 1 saturated heterocycles.